The van der Waals surface area contributed by atoms with Crippen LogP contribution in [0.2, 0.25) is 5.04 Å². The summed E-state index contributed by atoms with van der Waals surface area (Å²) in [5.74, 6) is 0.133. The first kappa shape index (κ1) is 23.4. The van der Waals surface area contributed by atoms with Crippen LogP contribution in [0.1, 0.15) is 32.1 Å². The number of carbonyl (C=O) groups is 1. The summed E-state index contributed by atoms with van der Waals surface area (Å²) >= 11 is 5.26. The number of likely N-dealkylation sites (tertiary alicyclic amines) is 1. The largest absolute Gasteiger partial charge is 0.395 e. The molecule has 3 nitrogen and oxygen atoms in total. The maximum atomic E-state index is 13.4. The Kier molecular flexibility index (Phi) is 7.05. The van der Waals surface area contributed by atoms with Gasteiger partial charge < -0.3 is 9.33 Å². The van der Waals surface area contributed by atoms with Crippen molar-refractivity contribution in [3.8, 4) is 0 Å². The van der Waals surface area contributed by atoms with Gasteiger partial charge in [0.15, 0.2) is 0 Å². The third kappa shape index (κ3) is 4.64. The third-order valence-corrected chi connectivity index (χ3v) is 13.0. The van der Waals surface area contributed by atoms with E-state index in [4.69, 9.17) is 4.43 Å². The van der Waals surface area contributed by atoms with Crippen molar-refractivity contribution in [3.63, 3.8) is 0 Å². The van der Waals surface area contributed by atoms with E-state index >= 15 is 0 Å². The first-order valence-electron chi connectivity index (χ1n) is 11.1. The lowest BCUT2D eigenvalue weighted by Gasteiger charge is -2.44. The zero-order chi connectivity index (χ0) is 22.8. The highest BCUT2D eigenvalue weighted by molar-refractivity contribution is 9.11. The molecule has 0 bridgehead atoms. The zero-order valence-corrected chi connectivity index (χ0v) is 22.3. The molecule has 0 aliphatic carbocycles. The van der Waals surface area contributed by atoms with E-state index < -0.39 is 14.4 Å². The molecule has 1 aliphatic rings. The average molecular weight is 529 g/mol. The molecule has 32 heavy (non-hydrogen) atoms. The van der Waals surface area contributed by atoms with Crippen LogP contribution in [-0.2, 0) is 15.6 Å². The van der Waals surface area contributed by atoms with E-state index in [1.165, 1.54) is 15.3 Å². The number of benzene rings is 2. The van der Waals surface area contributed by atoms with Crippen molar-refractivity contribution in [2.45, 2.75) is 44.8 Å². The highest BCUT2D eigenvalue weighted by Gasteiger charge is 2.53. The third-order valence-electron chi connectivity index (χ3n) is 6.24. The molecule has 6 heteroatoms. The fraction of sp³-hybridized carbons (Fsp3) is 0.346. The Morgan fingerprint density at radius 3 is 2.09 bits per heavy atom. The molecule has 1 aliphatic heterocycles. The van der Waals surface area contributed by atoms with Crippen LogP contribution in [0.25, 0.3) is 0 Å². The fourth-order valence-corrected chi connectivity index (χ4v) is 10.8. The Balaban J connectivity index is 1.62. The van der Waals surface area contributed by atoms with Gasteiger partial charge in [0, 0.05) is 18.0 Å². The van der Waals surface area contributed by atoms with Crippen LogP contribution in [-0.4, -0.2) is 38.3 Å². The number of halogens is 1. The lowest BCUT2D eigenvalue weighted by molar-refractivity contribution is -0.133. The van der Waals surface area contributed by atoms with Crippen molar-refractivity contribution in [3.05, 3.63) is 81.5 Å². The summed E-state index contributed by atoms with van der Waals surface area (Å²) in [5, 5.41) is 2.30. The highest BCUT2D eigenvalue weighted by Crippen LogP contribution is 2.38. The summed E-state index contributed by atoms with van der Waals surface area (Å²) in [6.45, 7) is 8.27. The Labute approximate surface area is 204 Å². The molecule has 1 aromatic heterocycles. The predicted molar refractivity (Wildman–Crippen MR) is 139 cm³/mol. The first-order chi connectivity index (χ1) is 15.3. The average Bonchev–Trinajstić information content (AvgIpc) is 3.35. The molecule has 0 radical (unpaired) electrons. The van der Waals surface area contributed by atoms with Crippen LogP contribution in [0.4, 0.5) is 0 Å². The Hall–Kier alpha value is -1.73. The number of thiophene rings is 1. The van der Waals surface area contributed by atoms with Crippen LogP contribution >= 0.6 is 27.3 Å². The minimum atomic E-state index is -2.72. The van der Waals surface area contributed by atoms with Gasteiger partial charge in [0.1, 0.15) is 6.10 Å². The van der Waals surface area contributed by atoms with E-state index in [9.17, 15) is 4.79 Å². The monoisotopic (exact) mass is 527 g/mol. The number of hydrogen-bond donors (Lipinski definition) is 0. The van der Waals surface area contributed by atoms with Crippen LogP contribution in [0.15, 0.2) is 76.6 Å². The van der Waals surface area contributed by atoms with Gasteiger partial charge >= 0.3 is 0 Å². The molecule has 4 rings (SSSR count). The maximum Gasteiger partial charge on any atom is 0.262 e. The summed E-state index contributed by atoms with van der Waals surface area (Å²) in [6.07, 6.45) is 1.24. The van der Waals surface area contributed by atoms with Gasteiger partial charge in [0.05, 0.1) is 3.79 Å². The second-order valence-corrected chi connectivity index (χ2v) is 16.1. The summed E-state index contributed by atoms with van der Waals surface area (Å²) in [7, 11) is -2.72. The van der Waals surface area contributed by atoms with Crippen LogP contribution in [0.3, 0.4) is 0 Å². The zero-order valence-electron chi connectivity index (χ0n) is 18.9. The van der Waals surface area contributed by atoms with Crippen molar-refractivity contribution in [1.82, 2.24) is 4.90 Å². The van der Waals surface area contributed by atoms with E-state index in [0.717, 1.165) is 29.7 Å². The van der Waals surface area contributed by atoms with Crippen molar-refractivity contribution in [2.24, 2.45) is 0 Å². The molecule has 0 N–H and O–H groups in total. The quantitative estimate of drug-likeness (QED) is 0.393. The second-order valence-electron chi connectivity index (χ2n) is 9.34. The molecule has 0 spiro atoms. The van der Waals surface area contributed by atoms with Crippen molar-refractivity contribution < 1.29 is 9.22 Å². The molecule has 1 saturated heterocycles. The van der Waals surface area contributed by atoms with E-state index in [1.54, 1.807) is 11.3 Å². The fourth-order valence-electron chi connectivity index (χ4n) is 4.68. The molecule has 0 unspecified atom stereocenters. The lowest BCUT2D eigenvalue weighted by atomic mass is 10.2. The van der Waals surface area contributed by atoms with Crippen molar-refractivity contribution in [2.75, 3.05) is 13.1 Å². The summed E-state index contributed by atoms with van der Waals surface area (Å²) in [5.41, 5.74) is 0. The van der Waals surface area contributed by atoms with Crippen molar-refractivity contribution in [1.29, 1.82) is 0 Å². The number of amides is 1. The highest BCUT2D eigenvalue weighted by atomic mass is 79.9. The second kappa shape index (κ2) is 9.63. The van der Waals surface area contributed by atoms with Crippen LogP contribution in [0, 0.1) is 0 Å². The number of nitrogens with zero attached hydrogens (tertiary/aromatic N) is 1. The predicted octanol–water partition coefficient (Wildman–Crippen LogP) is 5.23. The summed E-state index contributed by atoms with van der Waals surface area (Å²) < 4.78 is 8.21. The maximum absolute atomic E-state index is 13.4. The number of carbonyl (C=O) groups excluding carboxylic acids is 1. The Morgan fingerprint density at radius 1 is 1.00 bits per heavy atom. The molecule has 1 atom stereocenters. The van der Waals surface area contributed by atoms with Gasteiger partial charge in [-0.3, -0.25) is 4.79 Å². The molecule has 1 fully saturated rings. The lowest BCUT2D eigenvalue weighted by Crippen LogP contribution is -2.68. The minimum absolute atomic E-state index is 0.132. The number of rotatable bonds is 7. The molecule has 0 saturated carbocycles. The summed E-state index contributed by atoms with van der Waals surface area (Å²) in [4.78, 5) is 16.7. The van der Waals surface area contributed by atoms with Gasteiger partial charge in [0.2, 0.25) is 0 Å². The van der Waals surface area contributed by atoms with Gasteiger partial charge in [-0.05, 0) is 56.3 Å². The molecule has 168 valence electrons. The van der Waals surface area contributed by atoms with Gasteiger partial charge in [-0.1, -0.05) is 81.4 Å². The SMILES string of the molecule is CC(C)(C)[Si](O[C@H]1CCN(CCc2ccc(Br)s2)C1=O)(c1ccccc1)c1ccccc1. The van der Waals surface area contributed by atoms with Crippen LogP contribution < -0.4 is 10.4 Å². The van der Waals surface area contributed by atoms with Gasteiger partial charge in [-0.2, -0.15) is 0 Å². The topological polar surface area (TPSA) is 29.5 Å². The molecule has 2 aromatic carbocycles. The van der Waals surface area contributed by atoms with Gasteiger partial charge in [-0.25, -0.2) is 0 Å². The standard InChI is InChI=1S/C26H30BrNO2SSi/c1-26(2,3)32(21-10-6-4-7-11-21,22-12-8-5-9-13-22)30-23-17-19-28(25(23)29)18-16-20-14-15-24(27)31-20/h4-15,23H,16-19H2,1-3H3/t23-/m0/s1. The molecule has 3 aromatic rings. The number of hydrogen-bond acceptors (Lipinski definition) is 3. The van der Waals surface area contributed by atoms with E-state index in [-0.39, 0.29) is 10.9 Å². The van der Waals surface area contributed by atoms with Gasteiger partial charge in [-0.15, -0.1) is 11.3 Å². The van der Waals surface area contributed by atoms with Crippen LogP contribution in [0.5, 0.6) is 0 Å². The molecular weight excluding hydrogens is 498 g/mol. The van der Waals surface area contributed by atoms with E-state index in [0.29, 0.717) is 0 Å². The smallest absolute Gasteiger partial charge is 0.262 e. The Morgan fingerprint density at radius 2 is 1.59 bits per heavy atom. The van der Waals surface area contributed by atoms with Gasteiger partial charge in [0.25, 0.3) is 14.2 Å². The molecule has 1 amide bonds. The van der Waals surface area contributed by atoms with Crippen molar-refractivity contribution >= 4 is 51.9 Å². The minimum Gasteiger partial charge on any atom is -0.395 e. The normalized spacial score (nSPS) is 17.2. The van der Waals surface area contributed by atoms with E-state index in [1.807, 2.05) is 17.0 Å². The molecular formula is C26H30BrNO2SSi. The first-order valence-corrected chi connectivity index (χ1v) is 14.6. The Bertz CT molecular complexity index is 1010. The molecule has 2 heterocycles. The summed E-state index contributed by atoms with van der Waals surface area (Å²) in [6, 6.07) is 25.3. The van der Waals surface area contributed by atoms with E-state index in [2.05, 4.69) is 97.4 Å².